The predicted octanol–water partition coefficient (Wildman–Crippen LogP) is 4.89. The molecule has 3 rings (SSSR count). The van der Waals surface area contributed by atoms with Gasteiger partial charge >= 0.3 is 11.9 Å². The van der Waals surface area contributed by atoms with E-state index >= 15 is 0 Å². The SMILES string of the molecule is CCOC(=O)CCCOc1ccc(C[C@H](Nc2nc3ccc(Br)cc3s2)C(=O)O)cc1. The Balaban J connectivity index is 1.54. The molecule has 0 aliphatic rings. The molecule has 2 N–H and O–H groups in total. The van der Waals surface area contributed by atoms with Crippen LogP contribution in [-0.2, 0) is 20.7 Å². The van der Waals surface area contributed by atoms with E-state index in [9.17, 15) is 14.7 Å². The molecule has 0 saturated carbocycles. The summed E-state index contributed by atoms with van der Waals surface area (Å²) in [5, 5.41) is 13.2. The van der Waals surface area contributed by atoms with Gasteiger partial charge in [-0.05, 0) is 49.2 Å². The van der Waals surface area contributed by atoms with Gasteiger partial charge in [0.2, 0.25) is 0 Å². The normalized spacial score (nSPS) is 11.8. The highest BCUT2D eigenvalue weighted by molar-refractivity contribution is 9.10. The largest absolute Gasteiger partial charge is 0.494 e. The maximum absolute atomic E-state index is 11.8. The Hall–Kier alpha value is -2.65. The molecule has 1 atom stereocenters. The molecule has 3 aromatic rings. The summed E-state index contributed by atoms with van der Waals surface area (Å²) in [6, 6.07) is 12.2. The van der Waals surface area contributed by atoms with Crippen LogP contribution in [0.4, 0.5) is 5.13 Å². The number of carboxylic acids is 1. The van der Waals surface area contributed by atoms with E-state index in [2.05, 4.69) is 26.2 Å². The molecule has 0 aliphatic carbocycles. The molecular formula is C22H23BrN2O5S. The van der Waals surface area contributed by atoms with Crippen molar-refractivity contribution in [2.75, 3.05) is 18.5 Å². The van der Waals surface area contributed by atoms with Crippen molar-refractivity contribution in [2.24, 2.45) is 0 Å². The van der Waals surface area contributed by atoms with Crippen LogP contribution in [0.25, 0.3) is 10.2 Å². The Morgan fingerprint density at radius 2 is 2.00 bits per heavy atom. The summed E-state index contributed by atoms with van der Waals surface area (Å²) >= 11 is 4.85. The first-order valence-electron chi connectivity index (χ1n) is 9.87. The molecular weight excluding hydrogens is 484 g/mol. The van der Waals surface area contributed by atoms with Gasteiger partial charge in [0, 0.05) is 17.3 Å². The number of hydrogen-bond donors (Lipinski definition) is 2. The van der Waals surface area contributed by atoms with E-state index in [1.807, 2.05) is 30.3 Å². The van der Waals surface area contributed by atoms with E-state index in [1.54, 1.807) is 19.1 Å². The molecule has 7 nitrogen and oxygen atoms in total. The molecule has 0 saturated heterocycles. The smallest absolute Gasteiger partial charge is 0.326 e. The van der Waals surface area contributed by atoms with Crippen LogP contribution < -0.4 is 10.1 Å². The molecule has 0 amide bonds. The van der Waals surface area contributed by atoms with E-state index in [1.165, 1.54) is 11.3 Å². The second-order valence-corrected chi connectivity index (χ2v) is 8.72. The highest BCUT2D eigenvalue weighted by Gasteiger charge is 2.19. The van der Waals surface area contributed by atoms with E-state index in [0.29, 0.717) is 43.4 Å². The van der Waals surface area contributed by atoms with Crippen molar-refractivity contribution in [3.8, 4) is 5.75 Å². The minimum atomic E-state index is -0.945. The monoisotopic (exact) mass is 506 g/mol. The maximum Gasteiger partial charge on any atom is 0.326 e. The molecule has 164 valence electrons. The van der Waals surface area contributed by atoms with Crippen LogP contribution in [0.5, 0.6) is 5.75 Å². The van der Waals surface area contributed by atoms with Gasteiger partial charge in [-0.2, -0.15) is 0 Å². The summed E-state index contributed by atoms with van der Waals surface area (Å²) < 4.78 is 12.4. The lowest BCUT2D eigenvalue weighted by Gasteiger charge is -2.14. The van der Waals surface area contributed by atoms with E-state index < -0.39 is 12.0 Å². The number of carbonyl (C=O) groups excluding carboxylic acids is 1. The zero-order valence-electron chi connectivity index (χ0n) is 17.0. The summed E-state index contributed by atoms with van der Waals surface area (Å²) in [4.78, 5) is 27.5. The molecule has 9 heteroatoms. The number of aromatic nitrogens is 1. The molecule has 0 bridgehead atoms. The third kappa shape index (κ3) is 6.93. The molecule has 2 aromatic carbocycles. The number of nitrogens with one attached hydrogen (secondary N) is 1. The Morgan fingerprint density at radius 3 is 2.71 bits per heavy atom. The summed E-state index contributed by atoms with van der Waals surface area (Å²) in [6.45, 7) is 2.56. The van der Waals surface area contributed by atoms with Crippen LogP contribution in [0.3, 0.4) is 0 Å². The number of fused-ring (bicyclic) bond motifs is 1. The quantitative estimate of drug-likeness (QED) is 0.282. The second kappa shape index (κ2) is 11.1. The number of ether oxygens (including phenoxy) is 2. The third-order valence-corrected chi connectivity index (χ3v) is 5.85. The molecule has 31 heavy (non-hydrogen) atoms. The fourth-order valence-corrected chi connectivity index (χ4v) is 4.38. The number of anilines is 1. The molecule has 0 spiro atoms. The van der Waals surface area contributed by atoms with Gasteiger partial charge in [-0.15, -0.1) is 0 Å². The van der Waals surface area contributed by atoms with Crippen LogP contribution >= 0.6 is 27.3 Å². The van der Waals surface area contributed by atoms with Crippen molar-refractivity contribution >= 4 is 54.6 Å². The van der Waals surface area contributed by atoms with Crippen LogP contribution in [0.15, 0.2) is 46.9 Å². The lowest BCUT2D eigenvalue weighted by Crippen LogP contribution is -2.31. The fraction of sp³-hybridized carbons (Fsp3) is 0.318. The van der Waals surface area contributed by atoms with Crippen molar-refractivity contribution in [1.82, 2.24) is 4.98 Å². The van der Waals surface area contributed by atoms with Gasteiger partial charge in [-0.25, -0.2) is 9.78 Å². The number of aliphatic carboxylic acids is 1. The highest BCUT2D eigenvalue weighted by atomic mass is 79.9. The predicted molar refractivity (Wildman–Crippen MR) is 124 cm³/mol. The van der Waals surface area contributed by atoms with Gasteiger partial charge in [0.05, 0.1) is 23.4 Å². The number of hydrogen-bond acceptors (Lipinski definition) is 7. The van der Waals surface area contributed by atoms with Crippen molar-refractivity contribution in [3.05, 3.63) is 52.5 Å². The standard InChI is InChI=1S/C22H23BrN2O5S/c1-2-29-20(26)4-3-11-30-16-8-5-14(6-9-16)12-18(21(27)28)25-22-24-17-10-7-15(23)13-19(17)31-22/h5-10,13,18H,2-4,11-12H2,1H3,(H,24,25)(H,27,28)/t18-/m0/s1. The van der Waals surface area contributed by atoms with Gasteiger partial charge in [0.15, 0.2) is 5.13 Å². The molecule has 0 unspecified atom stereocenters. The third-order valence-electron chi connectivity index (χ3n) is 4.41. The van der Waals surface area contributed by atoms with Crippen molar-refractivity contribution in [2.45, 2.75) is 32.2 Å². The minimum Gasteiger partial charge on any atom is -0.494 e. The van der Waals surface area contributed by atoms with E-state index in [-0.39, 0.29) is 5.97 Å². The second-order valence-electron chi connectivity index (χ2n) is 6.77. The zero-order chi connectivity index (χ0) is 22.2. The lowest BCUT2D eigenvalue weighted by molar-refractivity contribution is -0.143. The number of nitrogens with zero attached hydrogens (tertiary/aromatic N) is 1. The number of benzene rings is 2. The number of carboxylic acid groups (broad SMARTS) is 1. The minimum absolute atomic E-state index is 0.227. The average molecular weight is 507 g/mol. The van der Waals surface area contributed by atoms with E-state index in [4.69, 9.17) is 9.47 Å². The summed E-state index contributed by atoms with van der Waals surface area (Å²) in [5.74, 6) is -0.502. The molecule has 0 radical (unpaired) electrons. The lowest BCUT2D eigenvalue weighted by atomic mass is 10.1. The topological polar surface area (TPSA) is 97.8 Å². The van der Waals surface area contributed by atoms with Crippen LogP contribution in [0.2, 0.25) is 0 Å². The Bertz CT molecular complexity index is 1040. The van der Waals surface area contributed by atoms with Crippen molar-refractivity contribution in [1.29, 1.82) is 0 Å². The Kier molecular flexibility index (Phi) is 8.25. The Morgan fingerprint density at radius 1 is 1.23 bits per heavy atom. The molecule has 1 heterocycles. The first kappa shape index (κ1) is 23.0. The van der Waals surface area contributed by atoms with Gasteiger partial charge in [0.25, 0.3) is 0 Å². The van der Waals surface area contributed by atoms with Crippen molar-refractivity contribution in [3.63, 3.8) is 0 Å². The van der Waals surface area contributed by atoms with Gasteiger partial charge in [-0.3, -0.25) is 4.79 Å². The number of thiazole rings is 1. The van der Waals surface area contributed by atoms with Gasteiger partial charge in [0.1, 0.15) is 11.8 Å². The maximum atomic E-state index is 11.8. The summed E-state index contributed by atoms with van der Waals surface area (Å²) in [5.41, 5.74) is 1.69. The highest BCUT2D eigenvalue weighted by Crippen LogP contribution is 2.29. The van der Waals surface area contributed by atoms with E-state index in [0.717, 1.165) is 20.3 Å². The first-order chi connectivity index (χ1) is 14.9. The zero-order valence-corrected chi connectivity index (χ0v) is 19.4. The molecule has 0 aliphatic heterocycles. The fourth-order valence-electron chi connectivity index (χ4n) is 2.91. The number of halogens is 1. The van der Waals surface area contributed by atoms with Crippen LogP contribution in [0.1, 0.15) is 25.3 Å². The van der Waals surface area contributed by atoms with Crippen LogP contribution in [0, 0.1) is 0 Å². The van der Waals surface area contributed by atoms with Crippen LogP contribution in [-0.4, -0.2) is 41.3 Å². The number of rotatable bonds is 11. The average Bonchev–Trinajstić information content (AvgIpc) is 3.13. The molecule has 1 aromatic heterocycles. The van der Waals surface area contributed by atoms with Crippen molar-refractivity contribution < 1.29 is 24.2 Å². The van der Waals surface area contributed by atoms with Gasteiger partial charge < -0.3 is 19.9 Å². The Labute approximate surface area is 192 Å². The summed E-state index contributed by atoms with van der Waals surface area (Å²) in [7, 11) is 0. The first-order valence-corrected chi connectivity index (χ1v) is 11.5. The van der Waals surface area contributed by atoms with Gasteiger partial charge in [-0.1, -0.05) is 39.4 Å². The number of esters is 1. The number of carbonyl (C=O) groups is 2. The molecule has 0 fully saturated rings. The summed E-state index contributed by atoms with van der Waals surface area (Å²) in [6.07, 6.45) is 1.20.